The lowest BCUT2D eigenvalue weighted by molar-refractivity contribution is 0.0786. The molecule has 1 aromatic heterocycles. The third-order valence-electron chi connectivity index (χ3n) is 8.80. The summed E-state index contributed by atoms with van der Waals surface area (Å²) in [6.45, 7) is 13.8. The van der Waals surface area contributed by atoms with Crippen LogP contribution in [0.25, 0.3) is 11.4 Å². The molecule has 3 aromatic rings. The molecular weight excluding hydrogens is 608 g/mol. The third kappa shape index (κ3) is 9.18. The van der Waals surface area contributed by atoms with Gasteiger partial charge in [0.15, 0.2) is 5.82 Å². The topological polar surface area (TPSA) is 122 Å². The summed E-state index contributed by atoms with van der Waals surface area (Å²) in [5, 5.41) is 5.73. The Morgan fingerprint density at radius 1 is 0.854 bits per heavy atom. The second kappa shape index (κ2) is 16.2. The maximum atomic E-state index is 12.8. The molecule has 1 atom stereocenters. The summed E-state index contributed by atoms with van der Waals surface area (Å²) in [6.07, 6.45) is 1.04. The standard InChI is InChI=1S/C35H50N10O3/c1-25(2)43-16-7-17-44(21-20-43)33-38-31(39-34(40-33)45-22-23-48-24-26(45)3)27-8-12-29(13-9-27)36-35(47)37-30-14-10-28(11-15-30)32(46)42(6)19-18-41(4)5/h8-15,25-26H,7,16-24H2,1-6H3,(H2,36,37,47)/t26-/m0/s1. The zero-order valence-electron chi connectivity index (χ0n) is 29.1. The number of nitrogens with one attached hydrogen (secondary N) is 2. The van der Waals surface area contributed by atoms with E-state index in [2.05, 4.69) is 46.1 Å². The van der Waals surface area contributed by atoms with Gasteiger partial charge in [-0.25, -0.2) is 4.79 Å². The average molecular weight is 659 g/mol. The Labute approximate surface area is 284 Å². The largest absolute Gasteiger partial charge is 0.377 e. The van der Waals surface area contributed by atoms with Crippen LogP contribution >= 0.6 is 0 Å². The van der Waals surface area contributed by atoms with Crippen molar-refractivity contribution in [1.29, 1.82) is 0 Å². The number of carbonyl (C=O) groups is 2. The number of likely N-dealkylation sites (N-methyl/N-ethyl adjacent to an activating group) is 2. The quantitative estimate of drug-likeness (QED) is 0.331. The second-order valence-corrected chi connectivity index (χ2v) is 13.1. The van der Waals surface area contributed by atoms with Gasteiger partial charge in [-0.3, -0.25) is 9.69 Å². The van der Waals surface area contributed by atoms with Crippen molar-refractivity contribution in [1.82, 2.24) is 29.7 Å². The number of aromatic nitrogens is 3. The Morgan fingerprint density at radius 3 is 2.17 bits per heavy atom. The second-order valence-electron chi connectivity index (χ2n) is 13.1. The van der Waals surface area contributed by atoms with Crippen LogP contribution in [0.1, 0.15) is 37.6 Å². The van der Waals surface area contributed by atoms with Gasteiger partial charge < -0.3 is 35.0 Å². The van der Waals surface area contributed by atoms with E-state index in [1.54, 1.807) is 36.2 Å². The monoisotopic (exact) mass is 658 g/mol. The molecule has 258 valence electrons. The van der Waals surface area contributed by atoms with Crippen molar-refractivity contribution in [3.63, 3.8) is 0 Å². The first kappa shape index (κ1) is 35.0. The van der Waals surface area contributed by atoms with Gasteiger partial charge in [-0.05, 0) is 89.8 Å². The first-order valence-electron chi connectivity index (χ1n) is 16.9. The summed E-state index contributed by atoms with van der Waals surface area (Å²) in [6, 6.07) is 14.7. The van der Waals surface area contributed by atoms with Crippen molar-refractivity contribution in [2.75, 3.05) is 101 Å². The molecule has 2 N–H and O–H groups in total. The normalized spacial score (nSPS) is 17.4. The Balaban J connectivity index is 1.26. The fourth-order valence-corrected chi connectivity index (χ4v) is 5.80. The molecule has 0 radical (unpaired) electrons. The highest BCUT2D eigenvalue weighted by atomic mass is 16.5. The predicted octanol–water partition coefficient (Wildman–Crippen LogP) is 3.96. The van der Waals surface area contributed by atoms with E-state index < -0.39 is 0 Å². The highest BCUT2D eigenvalue weighted by molar-refractivity contribution is 6.00. The van der Waals surface area contributed by atoms with Crippen LogP contribution in [0.3, 0.4) is 0 Å². The van der Waals surface area contributed by atoms with Crippen molar-refractivity contribution < 1.29 is 14.3 Å². The van der Waals surface area contributed by atoms with Gasteiger partial charge in [-0.2, -0.15) is 15.0 Å². The number of hydrogen-bond donors (Lipinski definition) is 2. The van der Waals surface area contributed by atoms with E-state index in [1.807, 2.05) is 43.3 Å². The Morgan fingerprint density at radius 2 is 1.52 bits per heavy atom. The molecule has 13 nitrogen and oxygen atoms in total. The van der Waals surface area contributed by atoms with Crippen LogP contribution in [0, 0.1) is 0 Å². The third-order valence-corrected chi connectivity index (χ3v) is 8.80. The van der Waals surface area contributed by atoms with E-state index in [0.717, 1.165) is 51.3 Å². The minimum atomic E-state index is -0.382. The van der Waals surface area contributed by atoms with E-state index in [-0.39, 0.29) is 18.0 Å². The van der Waals surface area contributed by atoms with Gasteiger partial charge in [0.2, 0.25) is 11.9 Å². The average Bonchev–Trinajstić information content (AvgIpc) is 3.34. The van der Waals surface area contributed by atoms with E-state index >= 15 is 0 Å². The van der Waals surface area contributed by atoms with Crippen LogP contribution in [0.4, 0.5) is 28.1 Å². The molecule has 3 heterocycles. The molecule has 2 aliphatic rings. The summed E-state index contributed by atoms with van der Waals surface area (Å²) < 4.78 is 5.68. The maximum absolute atomic E-state index is 12.8. The minimum Gasteiger partial charge on any atom is -0.377 e. The van der Waals surface area contributed by atoms with Crippen molar-refractivity contribution in [3.8, 4) is 11.4 Å². The van der Waals surface area contributed by atoms with Crippen LogP contribution in [-0.4, -0.2) is 134 Å². The van der Waals surface area contributed by atoms with Crippen molar-refractivity contribution >= 4 is 35.2 Å². The summed E-state index contributed by atoms with van der Waals surface area (Å²) in [7, 11) is 5.74. The van der Waals surface area contributed by atoms with E-state index in [9.17, 15) is 9.59 Å². The van der Waals surface area contributed by atoms with E-state index in [0.29, 0.717) is 60.5 Å². The molecule has 3 amide bonds. The predicted molar refractivity (Wildman–Crippen MR) is 191 cm³/mol. The summed E-state index contributed by atoms with van der Waals surface area (Å²) in [5.74, 6) is 1.88. The number of benzene rings is 2. The Kier molecular flexibility index (Phi) is 11.8. The lowest BCUT2D eigenvalue weighted by Gasteiger charge is -2.34. The number of anilines is 4. The Bertz CT molecular complexity index is 1520. The van der Waals surface area contributed by atoms with Crippen LogP contribution < -0.4 is 20.4 Å². The highest BCUT2D eigenvalue weighted by Crippen LogP contribution is 2.26. The molecule has 13 heteroatoms. The number of carbonyl (C=O) groups excluding carboxylic acids is 2. The molecule has 0 aliphatic carbocycles. The summed E-state index contributed by atoms with van der Waals surface area (Å²) in [4.78, 5) is 51.1. The van der Waals surface area contributed by atoms with Gasteiger partial charge >= 0.3 is 6.03 Å². The minimum absolute atomic E-state index is 0.0611. The molecule has 2 fully saturated rings. The number of morpholine rings is 1. The van der Waals surface area contributed by atoms with Gasteiger partial charge in [0.05, 0.1) is 19.3 Å². The lowest BCUT2D eigenvalue weighted by Crippen LogP contribution is -2.45. The molecule has 2 saturated heterocycles. The molecule has 0 unspecified atom stereocenters. The van der Waals surface area contributed by atoms with Crippen molar-refractivity contribution in [3.05, 3.63) is 54.1 Å². The fraction of sp³-hybridized carbons (Fsp3) is 0.514. The Hall–Kier alpha value is -4.33. The van der Waals surface area contributed by atoms with Gasteiger partial charge in [-0.15, -0.1) is 0 Å². The number of hydrogen-bond acceptors (Lipinski definition) is 10. The van der Waals surface area contributed by atoms with Crippen LogP contribution in [0.5, 0.6) is 0 Å². The summed E-state index contributed by atoms with van der Waals surface area (Å²) >= 11 is 0. The van der Waals surface area contributed by atoms with E-state index in [4.69, 9.17) is 19.7 Å². The number of amides is 3. The van der Waals surface area contributed by atoms with E-state index in [1.165, 1.54) is 0 Å². The van der Waals surface area contributed by atoms with Crippen LogP contribution in [0.2, 0.25) is 0 Å². The fourth-order valence-electron chi connectivity index (χ4n) is 5.80. The molecular formula is C35H50N10O3. The highest BCUT2D eigenvalue weighted by Gasteiger charge is 2.26. The SMILES string of the molecule is CC(C)N1CCCN(c2nc(-c3ccc(NC(=O)Nc4ccc(C(=O)N(C)CCN(C)C)cc4)cc3)nc(N3CCOC[C@@H]3C)n2)CC1. The van der Waals surface area contributed by atoms with Gasteiger partial charge in [-0.1, -0.05) is 0 Å². The number of urea groups is 1. The smallest absolute Gasteiger partial charge is 0.323 e. The number of ether oxygens (including phenoxy) is 1. The van der Waals surface area contributed by atoms with Gasteiger partial charge in [0.1, 0.15) is 0 Å². The summed E-state index contributed by atoms with van der Waals surface area (Å²) in [5.41, 5.74) is 2.62. The van der Waals surface area contributed by atoms with Crippen molar-refractivity contribution in [2.24, 2.45) is 0 Å². The van der Waals surface area contributed by atoms with Gasteiger partial charge in [0.25, 0.3) is 5.91 Å². The first-order valence-corrected chi connectivity index (χ1v) is 16.9. The molecule has 2 aromatic carbocycles. The van der Waals surface area contributed by atoms with Crippen LogP contribution in [0.15, 0.2) is 48.5 Å². The number of nitrogens with zero attached hydrogens (tertiary/aromatic N) is 8. The van der Waals surface area contributed by atoms with Crippen molar-refractivity contribution in [2.45, 2.75) is 39.3 Å². The number of rotatable bonds is 10. The molecule has 48 heavy (non-hydrogen) atoms. The lowest BCUT2D eigenvalue weighted by atomic mass is 10.2. The van der Waals surface area contributed by atoms with Crippen LogP contribution in [-0.2, 0) is 4.74 Å². The zero-order valence-corrected chi connectivity index (χ0v) is 29.1. The molecule has 0 spiro atoms. The maximum Gasteiger partial charge on any atom is 0.323 e. The zero-order chi connectivity index (χ0) is 34.2. The molecule has 0 saturated carbocycles. The van der Waals surface area contributed by atoms with Gasteiger partial charge in [0, 0.05) is 81.4 Å². The molecule has 0 bridgehead atoms. The first-order chi connectivity index (χ1) is 23.1. The molecule has 2 aliphatic heterocycles. The molecule has 5 rings (SSSR count).